The third-order valence-corrected chi connectivity index (χ3v) is 4.29. The summed E-state index contributed by atoms with van der Waals surface area (Å²) in [5, 5.41) is 3.24. The van der Waals surface area contributed by atoms with Gasteiger partial charge in [-0.05, 0) is 35.9 Å². The van der Waals surface area contributed by atoms with E-state index in [4.69, 9.17) is 4.74 Å². The predicted octanol–water partition coefficient (Wildman–Crippen LogP) is 2.69. The van der Waals surface area contributed by atoms with Crippen molar-refractivity contribution in [3.05, 3.63) is 33.1 Å². The Labute approximate surface area is 115 Å². The lowest BCUT2D eigenvalue weighted by molar-refractivity contribution is -0.138. The number of hydrogen-bond acceptors (Lipinski definition) is 3. The molecule has 4 heteroatoms. The highest BCUT2D eigenvalue weighted by Crippen LogP contribution is 2.36. The van der Waals surface area contributed by atoms with Gasteiger partial charge in [-0.25, -0.2) is 4.79 Å². The molecule has 1 heterocycles. The van der Waals surface area contributed by atoms with Gasteiger partial charge in [0, 0.05) is 9.50 Å². The number of halogens is 1. The lowest BCUT2D eigenvalue weighted by Gasteiger charge is -2.19. The highest BCUT2D eigenvalue weighted by Gasteiger charge is 2.35. The first-order valence-electron chi connectivity index (χ1n) is 5.89. The van der Waals surface area contributed by atoms with Crippen molar-refractivity contribution in [1.29, 1.82) is 0 Å². The molecule has 17 heavy (non-hydrogen) atoms. The van der Waals surface area contributed by atoms with Gasteiger partial charge in [-0.3, -0.25) is 0 Å². The van der Waals surface area contributed by atoms with E-state index in [9.17, 15) is 4.79 Å². The molecule has 0 amide bonds. The lowest BCUT2D eigenvalue weighted by Crippen LogP contribution is -2.29. The largest absolute Gasteiger partial charge is 0.461 e. The Balaban J connectivity index is 2.22. The van der Waals surface area contributed by atoms with Crippen LogP contribution in [0.3, 0.4) is 0 Å². The van der Waals surface area contributed by atoms with E-state index in [0.29, 0.717) is 12.3 Å². The Kier molecular flexibility index (Phi) is 3.91. The molecule has 0 aromatic rings. The smallest absolute Gasteiger partial charge is 0.355 e. The molecule has 0 aromatic heterocycles. The first-order valence-corrected chi connectivity index (χ1v) is 6.97. The van der Waals surface area contributed by atoms with E-state index in [2.05, 4.69) is 53.1 Å². The summed E-state index contributed by atoms with van der Waals surface area (Å²) in [7, 11) is 0. The summed E-state index contributed by atoms with van der Waals surface area (Å²) in [4.78, 5) is 11.8. The maximum Gasteiger partial charge on any atom is 0.355 e. The van der Waals surface area contributed by atoms with Crippen molar-refractivity contribution in [1.82, 2.24) is 5.32 Å². The number of hydrogen-bond donors (Lipinski definition) is 1. The minimum absolute atomic E-state index is 0.205. The Morgan fingerprint density at radius 3 is 2.94 bits per heavy atom. The van der Waals surface area contributed by atoms with E-state index >= 15 is 0 Å². The second kappa shape index (κ2) is 5.25. The van der Waals surface area contributed by atoms with Gasteiger partial charge in [-0.2, -0.15) is 0 Å². The molecule has 1 N–H and O–H groups in total. The van der Waals surface area contributed by atoms with Crippen LogP contribution < -0.4 is 5.32 Å². The fourth-order valence-electron chi connectivity index (χ4n) is 2.10. The summed E-state index contributed by atoms with van der Waals surface area (Å²) >= 11 is 2.25. The average molecular weight is 345 g/mol. The zero-order valence-corrected chi connectivity index (χ0v) is 12.2. The summed E-state index contributed by atoms with van der Waals surface area (Å²) in [5.41, 5.74) is 1.95. The van der Waals surface area contributed by atoms with Gasteiger partial charge in [-0.1, -0.05) is 30.7 Å². The van der Waals surface area contributed by atoms with Gasteiger partial charge in [0.05, 0.1) is 12.6 Å². The van der Waals surface area contributed by atoms with Crippen molar-refractivity contribution in [3.63, 3.8) is 0 Å². The van der Waals surface area contributed by atoms with Gasteiger partial charge in [-0.15, -0.1) is 0 Å². The van der Waals surface area contributed by atoms with Gasteiger partial charge in [0.2, 0.25) is 0 Å². The number of fused-ring (bicyclic) bond motifs is 1. The number of esters is 1. The topological polar surface area (TPSA) is 38.3 Å². The number of nitrogens with one attached hydrogen (secondary N) is 1. The quantitative estimate of drug-likeness (QED) is 0.631. The molecule has 0 spiro atoms. The SMILES string of the molecule is CCOC(=O)C1=C(I)C2C=C(CC)C=CC2N1. The van der Waals surface area contributed by atoms with Crippen LogP contribution in [0.4, 0.5) is 0 Å². The number of ether oxygens (including phenoxy) is 1. The van der Waals surface area contributed by atoms with Crippen LogP contribution in [0, 0.1) is 5.92 Å². The maximum absolute atomic E-state index is 11.8. The number of rotatable bonds is 3. The molecular weight excluding hydrogens is 329 g/mol. The van der Waals surface area contributed by atoms with Crippen LogP contribution in [-0.2, 0) is 9.53 Å². The third kappa shape index (κ3) is 2.41. The second-order valence-corrected chi connectivity index (χ2v) is 5.26. The zero-order chi connectivity index (χ0) is 12.4. The Morgan fingerprint density at radius 2 is 2.29 bits per heavy atom. The standard InChI is InChI=1S/C13H16INO2/c1-3-8-5-6-10-9(7-8)11(14)12(15-10)13(16)17-4-2/h5-7,9-10,15H,3-4H2,1-2H3. The Bertz CT molecular complexity index is 423. The fraction of sp³-hybridized carbons (Fsp3) is 0.462. The Morgan fingerprint density at radius 1 is 1.53 bits per heavy atom. The molecular formula is C13H16INO2. The van der Waals surface area contributed by atoms with Gasteiger partial charge >= 0.3 is 5.97 Å². The van der Waals surface area contributed by atoms with Crippen molar-refractivity contribution >= 4 is 28.6 Å². The van der Waals surface area contributed by atoms with E-state index in [-0.39, 0.29) is 17.9 Å². The van der Waals surface area contributed by atoms with E-state index in [1.165, 1.54) is 5.57 Å². The van der Waals surface area contributed by atoms with Gasteiger partial charge in [0.25, 0.3) is 0 Å². The molecule has 1 aliphatic heterocycles. The van der Waals surface area contributed by atoms with E-state index in [0.717, 1.165) is 10.0 Å². The predicted molar refractivity (Wildman–Crippen MR) is 75.6 cm³/mol. The molecule has 2 rings (SSSR count). The van der Waals surface area contributed by atoms with Crippen molar-refractivity contribution in [2.24, 2.45) is 5.92 Å². The normalized spacial score (nSPS) is 26.4. The minimum Gasteiger partial charge on any atom is -0.461 e. The first kappa shape index (κ1) is 12.7. The molecule has 2 unspecified atom stereocenters. The maximum atomic E-state index is 11.8. The van der Waals surface area contributed by atoms with Crippen LogP contribution in [0.25, 0.3) is 0 Å². The monoisotopic (exact) mass is 345 g/mol. The van der Waals surface area contributed by atoms with Gasteiger partial charge in [0.1, 0.15) is 5.70 Å². The molecule has 0 saturated carbocycles. The van der Waals surface area contributed by atoms with E-state index < -0.39 is 0 Å². The number of carbonyl (C=O) groups is 1. The summed E-state index contributed by atoms with van der Waals surface area (Å²) in [6.07, 6.45) is 7.53. The van der Waals surface area contributed by atoms with Crippen molar-refractivity contribution in [2.45, 2.75) is 26.3 Å². The molecule has 0 aromatic carbocycles. The van der Waals surface area contributed by atoms with Crippen LogP contribution in [0.5, 0.6) is 0 Å². The minimum atomic E-state index is -0.244. The summed E-state index contributed by atoms with van der Waals surface area (Å²) in [6.45, 7) is 4.37. The average Bonchev–Trinajstić information content (AvgIpc) is 2.67. The van der Waals surface area contributed by atoms with Crippen LogP contribution in [-0.4, -0.2) is 18.6 Å². The number of allylic oxidation sites excluding steroid dienone is 2. The number of carbonyl (C=O) groups excluding carboxylic acids is 1. The molecule has 92 valence electrons. The van der Waals surface area contributed by atoms with Crippen LogP contribution in [0.15, 0.2) is 33.1 Å². The molecule has 0 fully saturated rings. The fourth-order valence-corrected chi connectivity index (χ4v) is 3.05. The summed E-state index contributed by atoms with van der Waals surface area (Å²) in [5.74, 6) is 0.0427. The van der Waals surface area contributed by atoms with Crippen LogP contribution in [0.1, 0.15) is 20.3 Å². The third-order valence-electron chi connectivity index (χ3n) is 3.03. The van der Waals surface area contributed by atoms with Crippen LogP contribution in [0.2, 0.25) is 0 Å². The van der Waals surface area contributed by atoms with E-state index in [1.54, 1.807) is 0 Å². The highest BCUT2D eigenvalue weighted by molar-refractivity contribution is 14.1. The van der Waals surface area contributed by atoms with Gasteiger partial charge < -0.3 is 10.1 Å². The first-order chi connectivity index (χ1) is 8.17. The van der Waals surface area contributed by atoms with Crippen molar-refractivity contribution in [3.8, 4) is 0 Å². The molecule has 1 aliphatic carbocycles. The van der Waals surface area contributed by atoms with Crippen molar-refractivity contribution < 1.29 is 9.53 Å². The molecule has 2 aliphatic rings. The van der Waals surface area contributed by atoms with Gasteiger partial charge in [0.15, 0.2) is 0 Å². The van der Waals surface area contributed by atoms with Crippen molar-refractivity contribution in [2.75, 3.05) is 6.61 Å². The van der Waals surface area contributed by atoms with Crippen LogP contribution >= 0.6 is 22.6 Å². The Hall–Kier alpha value is -0.780. The highest BCUT2D eigenvalue weighted by atomic mass is 127. The zero-order valence-electron chi connectivity index (χ0n) is 10.00. The molecule has 0 bridgehead atoms. The second-order valence-electron chi connectivity index (χ2n) is 4.09. The lowest BCUT2D eigenvalue weighted by atomic mass is 9.92. The summed E-state index contributed by atoms with van der Waals surface area (Å²) < 4.78 is 6.10. The molecule has 0 saturated heterocycles. The molecule has 3 nitrogen and oxygen atoms in total. The van der Waals surface area contributed by atoms with E-state index in [1.807, 2.05) is 6.92 Å². The molecule has 2 atom stereocenters. The molecule has 0 radical (unpaired) electrons. The summed E-state index contributed by atoms with van der Waals surface area (Å²) in [6, 6.07) is 0.205.